The third kappa shape index (κ3) is 6.38. The van der Waals surface area contributed by atoms with E-state index < -0.39 is 0 Å². The lowest BCUT2D eigenvalue weighted by Gasteiger charge is -2.39. The van der Waals surface area contributed by atoms with Gasteiger partial charge in [0.2, 0.25) is 0 Å². The summed E-state index contributed by atoms with van der Waals surface area (Å²) in [4.78, 5) is 0. The van der Waals surface area contributed by atoms with Gasteiger partial charge < -0.3 is 5.73 Å². The van der Waals surface area contributed by atoms with Crippen LogP contribution >= 0.6 is 0 Å². The summed E-state index contributed by atoms with van der Waals surface area (Å²) < 4.78 is 0. The molecule has 2 atom stereocenters. The molecule has 1 heteroatoms. The Morgan fingerprint density at radius 3 is 2.19 bits per heavy atom. The average Bonchev–Trinajstić information content (AvgIpc) is 2.47. The van der Waals surface area contributed by atoms with E-state index in [9.17, 15) is 0 Å². The van der Waals surface area contributed by atoms with Crippen LogP contribution in [0.15, 0.2) is 23.8 Å². The monoisotopic (exact) mass is 293 g/mol. The molecule has 0 aromatic carbocycles. The van der Waals surface area contributed by atoms with Gasteiger partial charge in [0.25, 0.3) is 0 Å². The summed E-state index contributed by atoms with van der Waals surface area (Å²) in [7, 11) is 0. The molecule has 0 heterocycles. The van der Waals surface area contributed by atoms with E-state index >= 15 is 0 Å². The van der Waals surface area contributed by atoms with Gasteiger partial charge in [0.15, 0.2) is 0 Å². The molecule has 0 aliphatic heterocycles. The maximum absolute atomic E-state index is 6.30. The highest BCUT2D eigenvalue weighted by molar-refractivity contribution is 5.29. The van der Waals surface area contributed by atoms with Crippen molar-refractivity contribution in [1.29, 1.82) is 0 Å². The lowest BCUT2D eigenvalue weighted by Crippen LogP contribution is -2.37. The minimum atomic E-state index is 0.143. The molecule has 0 aromatic heterocycles. The van der Waals surface area contributed by atoms with Gasteiger partial charge in [-0.1, -0.05) is 85.5 Å². The fourth-order valence-electron chi connectivity index (χ4n) is 2.90. The predicted molar refractivity (Wildman–Crippen MR) is 97.4 cm³/mol. The second-order valence-corrected chi connectivity index (χ2v) is 6.82. The molecule has 0 aliphatic carbocycles. The molecule has 0 aromatic rings. The van der Waals surface area contributed by atoms with Crippen LogP contribution in [0.25, 0.3) is 0 Å². The summed E-state index contributed by atoms with van der Waals surface area (Å²) in [6.45, 7) is 14.5. The molecule has 0 fully saturated rings. The SMILES string of the molecule is CCC/C=C\C(=C/C(C)CC)C(CN)(CCCC)C(C)C. The van der Waals surface area contributed by atoms with E-state index in [0.29, 0.717) is 11.8 Å². The van der Waals surface area contributed by atoms with Gasteiger partial charge in [0.05, 0.1) is 0 Å². The van der Waals surface area contributed by atoms with Crippen LogP contribution in [0.3, 0.4) is 0 Å². The van der Waals surface area contributed by atoms with E-state index in [0.717, 1.165) is 13.0 Å². The van der Waals surface area contributed by atoms with E-state index in [2.05, 4.69) is 59.8 Å². The Labute approximate surface area is 134 Å². The number of unbranched alkanes of at least 4 members (excludes halogenated alkanes) is 2. The van der Waals surface area contributed by atoms with Gasteiger partial charge in [-0.15, -0.1) is 0 Å². The predicted octanol–water partition coefficient (Wildman–Crippen LogP) is 6.11. The molecular weight excluding hydrogens is 254 g/mol. The quantitative estimate of drug-likeness (QED) is 0.457. The fraction of sp³-hybridized carbons (Fsp3) is 0.800. The Morgan fingerprint density at radius 1 is 1.10 bits per heavy atom. The first-order valence-corrected chi connectivity index (χ1v) is 9.07. The lowest BCUT2D eigenvalue weighted by molar-refractivity contribution is 0.232. The van der Waals surface area contributed by atoms with Crippen molar-refractivity contribution in [2.24, 2.45) is 23.0 Å². The summed E-state index contributed by atoms with van der Waals surface area (Å²) in [5, 5.41) is 0. The third-order valence-corrected chi connectivity index (χ3v) is 4.88. The molecule has 0 amide bonds. The van der Waals surface area contributed by atoms with Gasteiger partial charge in [-0.3, -0.25) is 0 Å². The fourth-order valence-corrected chi connectivity index (χ4v) is 2.90. The van der Waals surface area contributed by atoms with Crippen molar-refractivity contribution in [3.63, 3.8) is 0 Å². The first kappa shape index (κ1) is 20.4. The number of rotatable bonds is 11. The molecule has 0 saturated carbocycles. The molecule has 0 radical (unpaired) electrons. The molecular formula is C20H39N. The van der Waals surface area contributed by atoms with Crippen LogP contribution in [0.2, 0.25) is 0 Å². The first-order valence-electron chi connectivity index (χ1n) is 9.07. The highest BCUT2D eigenvalue weighted by atomic mass is 14.6. The largest absolute Gasteiger partial charge is 0.330 e. The maximum Gasteiger partial charge on any atom is 0.00953 e. The summed E-state index contributed by atoms with van der Waals surface area (Å²) in [5.41, 5.74) is 7.92. The van der Waals surface area contributed by atoms with Crippen LogP contribution < -0.4 is 5.73 Å². The molecule has 124 valence electrons. The molecule has 0 saturated heterocycles. The zero-order valence-electron chi connectivity index (χ0n) is 15.4. The summed E-state index contributed by atoms with van der Waals surface area (Å²) >= 11 is 0. The van der Waals surface area contributed by atoms with Crippen molar-refractivity contribution in [2.45, 2.75) is 80.1 Å². The zero-order chi connectivity index (χ0) is 16.3. The van der Waals surface area contributed by atoms with Crippen LogP contribution in [0.5, 0.6) is 0 Å². The Morgan fingerprint density at radius 2 is 1.76 bits per heavy atom. The smallest absolute Gasteiger partial charge is 0.00953 e. The molecule has 2 N–H and O–H groups in total. The average molecular weight is 294 g/mol. The molecule has 21 heavy (non-hydrogen) atoms. The molecule has 0 rings (SSSR count). The van der Waals surface area contributed by atoms with Gasteiger partial charge >= 0.3 is 0 Å². The summed E-state index contributed by atoms with van der Waals surface area (Å²) in [6.07, 6.45) is 14.5. The minimum absolute atomic E-state index is 0.143. The van der Waals surface area contributed by atoms with E-state index in [4.69, 9.17) is 5.73 Å². The van der Waals surface area contributed by atoms with E-state index in [1.54, 1.807) is 0 Å². The second-order valence-electron chi connectivity index (χ2n) is 6.82. The Hall–Kier alpha value is -0.560. The van der Waals surface area contributed by atoms with Gasteiger partial charge in [-0.05, 0) is 30.3 Å². The van der Waals surface area contributed by atoms with Crippen molar-refractivity contribution < 1.29 is 0 Å². The Balaban J connectivity index is 5.58. The van der Waals surface area contributed by atoms with Gasteiger partial charge in [-0.2, -0.15) is 0 Å². The van der Waals surface area contributed by atoms with E-state index in [-0.39, 0.29) is 5.41 Å². The number of nitrogens with two attached hydrogens (primary N) is 1. The van der Waals surface area contributed by atoms with Crippen molar-refractivity contribution in [3.8, 4) is 0 Å². The van der Waals surface area contributed by atoms with Gasteiger partial charge in [0.1, 0.15) is 0 Å². The Bertz CT molecular complexity index is 314. The molecule has 2 unspecified atom stereocenters. The van der Waals surface area contributed by atoms with Crippen LogP contribution in [-0.2, 0) is 0 Å². The van der Waals surface area contributed by atoms with Crippen molar-refractivity contribution in [3.05, 3.63) is 23.8 Å². The van der Waals surface area contributed by atoms with Crippen molar-refractivity contribution >= 4 is 0 Å². The first-order chi connectivity index (χ1) is 9.98. The summed E-state index contributed by atoms with van der Waals surface area (Å²) in [6, 6.07) is 0. The maximum atomic E-state index is 6.30. The minimum Gasteiger partial charge on any atom is -0.330 e. The van der Waals surface area contributed by atoms with E-state index in [1.165, 1.54) is 37.7 Å². The van der Waals surface area contributed by atoms with Crippen LogP contribution in [0, 0.1) is 17.3 Å². The van der Waals surface area contributed by atoms with Crippen LogP contribution in [0.4, 0.5) is 0 Å². The topological polar surface area (TPSA) is 26.0 Å². The molecule has 0 aliphatic rings. The van der Waals surface area contributed by atoms with Gasteiger partial charge in [0, 0.05) is 12.0 Å². The van der Waals surface area contributed by atoms with Crippen molar-refractivity contribution in [2.75, 3.05) is 6.54 Å². The number of hydrogen-bond acceptors (Lipinski definition) is 1. The molecule has 0 bridgehead atoms. The Kier molecular flexibility index (Phi) is 10.8. The van der Waals surface area contributed by atoms with Crippen LogP contribution in [-0.4, -0.2) is 6.54 Å². The second kappa shape index (κ2) is 11.1. The number of hydrogen-bond donors (Lipinski definition) is 1. The normalized spacial score (nSPS) is 17.4. The summed E-state index contributed by atoms with van der Waals surface area (Å²) in [5.74, 6) is 1.20. The van der Waals surface area contributed by atoms with Crippen LogP contribution in [0.1, 0.15) is 80.1 Å². The lowest BCUT2D eigenvalue weighted by atomic mass is 9.67. The molecule has 0 spiro atoms. The highest BCUT2D eigenvalue weighted by Gasteiger charge is 2.34. The number of allylic oxidation sites excluding steroid dienone is 3. The van der Waals surface area contributed by atoms with E-state index in [1.807, 2.05) is 0 Å². The highest BCUT2D eigenvalue weighted by Crippen LogP contribution is 2.41. The van der Waals surface area contributed by atoms with Crippen molar-refractivity contribution in [1.82, 2.24) is 0 Å². The molecule has 1 nitrogen and oxygen atoms in total. The standard InChI is InChI=1S/C20H39N/c1-7-10-12-13-19(15-18(6)9-3)20(16-21,17(4)5)14-11-8-2/h12-13,15,17-18H,7-11,14,16,21H2,1-6H3/b13-12-,19-15+. The third-order valence-electron chi connectivity index (χ3n) is 4.88. The zero-order valence-corrected chi connectivity index (χ0v) is 15.4. The van der Waals surface area contributed by atoms with Gasteiger partial charge in [-0.25, -0.2) is 0 Å².